The predicted octanol–water partition coefficient (Wildman–Crippen LogP) is 2.11. The number of hydrogen-bond acceptors (Lipinski definition) is 3. The monoisotopic (exact) mass is 195 g/mol. The van der Waals surface area contributed by atoms with Crippen molar-refractivity contribution < 1.29 is 10.2 Å². The number of benzene rings is 1. The van der Waals surface area contributed by atoms with Gasteiger partial charge in [-0.05, 0) is 32.6 Å². The van der Waals surface area contributed by atoms with E-state index in [0.717, 1.165) is 6.54 Å². The lowest BCUT2D eigenvalue weighted by atomic mass is 10.0. The third-order valence-corrected chi connectivity index (χ3v) is 2.64. The number of rotatable bonds is 3. The zero-order valence-electron chi connectivity index (χ0n) is 8.86. The van der Waals surface area contributed by atoms with Crippen LogP contribution in [0.3, 0.4) is 0 Å². The van der Waals surface area contributed by atoms with Crippen molar-refractivity contribution in [3.8, 4) is 11.5 Å². The van der Waals surface area contributed by atoms with Gasteiger partial charge < -0.3 is 10.2 Å². The Morgan fingerprint density at radius 3 is 2.21 bits per heavy atom. The Kier molecular flexibility index (Phi) is 3.36. The molecule has 0 aliphatic carbocycles. The van der Waals surface area contributed by atoms with Crippen LogP contribution in [0.25, 0.3) is 0 Å². The number of nitrogens with zero attached hydrogens (tertiary/aromatic N) is 1. The minimum absolute atomic E-state index is 0.0150. The first-order valence-electron chi connectivity index (χ1n) is 4.79. The molecule has 1 aromatic rings. The molecule has 0 saturated carbocycles. The first-order valence-corrected chi connectivity index (χ1v) is 4.79. The lowest BCUT2D eigenvalue weighted by Crippen LogP contribution is -2.21. The highest BCUT2D eigenvalue weighted by Crippen LogP contribution is 2.34. The molecule has 0 aromatic heterocycles. The lowest BCUT2D eigenvalue weighted by Gasteiger charge is -2.24. The summed E-state index contributed by atoms with van der Waals surface area (Å²) < 4.78 is 0. The fourth-order valence-electron chi connectivity index (χ4n) is 1.46. The maximum absolute atomic E-state index is 9.62. The highest BCUT2D eigenvalue weighted by molar-refractivity contribution is 5.44. The SMILES string of the molecule is CCN(C)C(C)c1c(O)cccc1O. The van der Waals surface area contributed by atoms with E-state index in [1.165, 1.54) is 0 Å². The van der Waals surface area contributed by atoms with Crippen LogP contribution >= 0.6 is 0 Å². The van der Waals surface area contributed by atoms with Gasteiger partial charge in [0.1, 0.15) is 11.5 Å². The molecule has 14 heavy (non-hydrogen) atoms. The summed E-state index contributed by atoms with van der Waals surface area (Å²) in [6, 6.07) is 4.83. The number of phenols is 2. The van der Waals surface area contributed by atoms with E-state index in [1.54, 1.807) is 18.2 Å². The van der Waals surface area contributed by atoms with Gasteiger partial charge in [-0.1, -0.05) is 13.0 Å². The normalized spacial score (nSPS) is 13.1. The fourth-order valence-corrected chi connectivity index (χ4v) is 1.46. The molecule has 2 N–H and O–H groups in total. The number of hydrogen-bond donors (Lipinski definition) is 2. The molecule has 1 aromatic carbocycles. The second-order valence-corrected chi connectivity index (χ2v) is 3.46. The van der Waals surface area contributed by atoms with Crippen molar-refractivity contribution >= 4 is 0 Å². The molecule has 0 radical (unpaired) electrons. The van der Waals surface area contributed by atoms with Gasteiger partial charge in [-0.2, -0.15) is 0 Å². The molecule has 0 spiro atoms. The molecular weight excluding hydrogens is 178 g/mol. The van der Waals surface area contributed by atoms with Crippen LogP contribution in [0.15, 0.2) is 18.2 Å². The quantitative estimate of drug-likeness (QED) is 0.776. The van der Waals surface area contributed by atoms with E-state index in [9.17, 15) is 10.2 Å². The van der Waals surface area contributed by atoms with Crippen LogP contribution in [0.4, 0.5) is 0 Å². The molecular formula is C11H17NO2. The summed E-state index contributed by atoms with van der Waals surface area (Å²) in [5.74, 6) is 0.301. The molecule has 3 nitrogen and oxygen atoms in total. The maximum atomic E-state index is 9.62. The van der Waals surface area contributed by atoms with Gasteiger partial charge in [0, 0.05) is 6.04 Å². The Morgan fingerprint density at radius 2 is 1.79 bits per heavy atom. The molecule has 3 heteroatoms. The third kappa shape index (κ3) is 1.99. The summed E-state index contributed by atoms with van der Waals surface area (Å²) in [5.41, 5.74) is 0.594. The van der Waals surface area contributed by atoms with Gasteiger partial charge in [0.2, 0.25) is 0 Å². The summed E-state index contributed by atoms with van der Waals surface area (Å²) in [5, 5.41) is 19.2. The summed E-state index contributed by atoms with van der Waals surface area (Å²) in [6.45, 7) is 4.86. The molecule has 1 unspecified atom stereocenters. The molecule has 1 atom stereocenters. The molecule has 1 rings (SSSR count). The largest absolute Gasteiger partial charge is 0.507 e. The van der Waals surface area contributed by atoms with Gasteiger partial charge in [-0.25, -0.2) is 0 Å². The van der Waals surface area contributed by atoms with Gasteiger partial charge in [0.15, 0.2) is 0 Å². The highest BCUT2D eigenvalue weighted by atomic mass is 16.3. The van der Waals surface area contributed by atoms with Crippen LogP contribution in [0.1, 0.15) is 25.5 Å². The molecule has 0 aliphatic heterocycles. The standard InChI is InChI=1S/C11H17NO2/c1-4-12(3)8(2)11-9(13)6-5-7-10(11)14/h5-8,13-14H,4H2,1-3H3. The summed E-state index contributed by atoms with van der Waals surface area (Å²) in [4.78, 5) is 2.05. The summed E-state index contributed by atoms with van der Waals surface area (Å²) in [6.07, 6.45) is 0. The van der Waals surface area contributed by atoms with E-state index in [-0.39, 0.29) is 17.5 Å². The molecule has 0 aliphatic rings. The molecule has 78 valence electrons. The second kappa shape index (κ2) is 4.33. The Labute approximate surface area is 84.6 Å². The first-order chi connectivity index (χ1) is 6.57. The van der Waals surface area contributed by atoms with Gasteiger partial charge in [0.05, 0.1) is 5.56 Å². The second-order valence-electron chi connectivity index (χ2n) is 3.46. The average molecular weight is 195 g/mol. The van der Waals surface area contributed by atoms with Gasteiger partial charge >= 0.3 is 0 Å². The molecule has 0 amide bonds. The van der Waals surface area contributed by atoms with E-state index in [4.69, 9.17) is 0 Å². The van der Waals surface area contributed by atoms with Gasteiger partial charge in [-0.15, -0.1) is 0 Å². The maximum Gasteiger partial charge on any atom is 0.124 e. The molecule has 0 fully saturated rings. The zero-order chi connectivity index (χ0) is 10.7. The van der Waals surface area contributed by atoms with E-state index in [0.29, 0.717) is 5.56 Å². The Bertz CT molecular complexity index is 292. The van der Waals surface area contributed by atoms with Crippen LogP contribution in [-0.4, -0.2) is 28.7 Å². The summed E-state index contributed by atoms with van der Waals surface area (Å²) >= 11 is 0. The topological polar surface area (TPSA) is 43.7 Å². The van der Waals surface area contributed by atoms with E-state index in [1.807, 2.05) is 20.9 Å². The van der Waals surface area contributed by atoms with Crippen molar-refractivity contribution in [3.05, 3.63) is 23.8 Å². The molecule has 0 bridgehead atoms. The van der Waals surface area contributed by atoms with Crippen molar-refractivity contribution in [2.24, 2.45) is 0 Å². The van der Waals surface area contributed by atoms with Crippen LogP contribution in [0.2, 0.25) is 0 Å². The Hall–Kier alpha value is -1.22. The average Bonchev–Trinajstić information content (AvgIpc) is 2.16. The fraction of sp³-hybridized carbons (Fsp3) is 0.455. The number of phenolic OH excluding ortho intramolecular Hbond substituents is 2. The smallest absolute Gasteiger partial charge is 0.124 e. The lowest BCUT2D eigenvalue weighted by molar-refractivity contribution is 0.263. The number of aromatic hydroxyl groups is 2. The van der Waals surface area contributed by atoms with Crippen LogP contribution in [-0.2, 0) is 0 Å². The predicted molar refractivity (Wildman–Crippen MR) is 56.5 cm³/mol. The van der Waals surface area contributed by atoms with Crippen LogP contribution < -0.4 is 0 Å². The third-order valence-electron chi connectivity index (χ3n) is 2.64. The van der Waals surface area contributed by atoms with E-state index in [2.05, 4.69) is 4.90 Å². The minimum Gasteiger partial charge on any atom is -0.507 e. The first kappa shape index (κ1) is 10.9. The Morgan fingerprint density at radius 1 is 1.29 bits per heavy atom. The highest BCUT2D eigenvalue weighted by Gasteiger charge is 2.17. The van der Waals surface area contributed by atoms with Gasteiger partial charge in [-0.3, -0.25) is 4.90 Å². The van der Waals surface area contributed by atoms with E-state index >= 15 is 0 Å². The van der Waals surface area contributed by atoms with E-state index < -0.39 is 0 Å². The van der Waals surface area contributed by atoms with Crippen LogP contribution in [0, 0.1) is 0 Å². The zero-order valence-corrected chi connectivity index (χ0v) is 8.86. The molecule has 0 saturated heterocycles. The van der Waals surface area contributed by atoms with Crippen molar-refractivity contribution in [2.45, 2.75) is 19.9 Å². The minimum atomic E-state index is 0.0150. The van der Waals surface area contributed by atoms with Crippen molar-refractivity contribution in [2.75, 3.05) is 13.6 Å². The van der Waals surface area contributed by atoms with Crippen molar-refractivity contribution in [1.29, 1.82) is 0 Å². The summed E-state index contributed by atoms with van der Waals surface area (Å²) in [7, 11) is 1.95. The van der Waals surface area contributed by atoms with Crippen molar-refractivity contribution in [1.82, 2.24) is 4.90 Å². The Balaban J connectivity index is 3.05. The van der Waals surface area contributed by atoms with Crippen molar-refractivity contribution in [3.63, 3.8) is 0 Å². The molecule has 0 heterocycles. The van der Waals surface area contributed by atoms with Gasteiger partial charge in [0.25, 0.3) is 0 Å². The van der Waals surface area contributed by atoms with Crippen LogP contribution in [0.5, 0.6) is 11.5 Å².